The second-order valence-corrected chi connectivity index (χ2v) is 25.8. The first-order valence-corrected chi connectivity index (χ1v) is 26.7. The summed E-state index contributed by atoms with van der Waals surface area (Å²) in [6.07, 6.45) is 13.9. The quantitative estimate of drug-likeness (QED) is 0.0642. The molecule has 0 saturated heterocycles. The van der Waals surface area contributed by atoms with E-state index in [2.05, 4.69) is 104 Å². The summed E-state index contributed by atoms with van der Waals surface area (Å²) < 4.78 is 53.6. The van der Waals surface area contributed by atoms with Crippen molar-refractivity contribution in [3.63, 3.8) is 0 Å². The van der Waals surface area contributed by atoms with Gasteiger partial charge in [-0.05, 0) is 171 Å². The number of benzene rings is 4. The molecule has 4 aromatic carbocycles. The molecule has 12 N–H and O–H groups in total. The summed E-state index contributed by atoms with van der Waals surface area (Å²) in [5, 5.41) is 13.6. The Balaban J connectivity index is 0.000000178. The van der Waals surface area contributed by atoms with Gasteiger partial charge in [-0.1, -0.05) is 107 Å². The van der Waals surface area contributed by atoms with Crippen LogP contribution in [-0.4, -0.2) is 24.2 Å². The molecule has 4 aliphatic carbocycles. The number of hydrogen-bond donors (Lipinski definition) is 8. The molecule has 8 atom stereocenters. The Bertz CT molecular complexity index is 2040. The van der Waals surface area contributed by atoms with E-state index in [4.69, 9.17) is 22.9 Å². The van der Waals surface area contributed by atoms with Crippen LogP contribution in [0.1, 0.15) is 160 Å². The second-order valence-electron chi connectivity index (χ2n) is 25.8. The van der Waals surface area contributed by atoms with Crippen LogP contribution in [0.4, 0.5) is 63.1 Å². The molecule has 0 spiro atoms. The third-order valence-electron chi connectivity index (χ3n) is 15.2. The Morgan fingerprint density at radius 3 is 0.681 bits per heavy atom. The highest BCUT2D eigenvalue weighted by molar-refractivity contribution is 5.69. The van der Waals surface area contributed by atoms with Crippen LogP contribution in [0.3, 0.4) is 0 Å². The molecule has 4 fully saturated rings. The van der Waals surface area contributed by atoms with Gasteiger partial charge in [0.25, 0.3) is 0 Å². The van der Waals surface area contributed by atoms with E-state index in [1.807, 2.05) is 24.3 Å². The lowest BCUT2D eigenvalue weighted by Crippen LogP contribution is -2.35. The van der Waals surface area contributed by atoms with E-state index in [-0.39, 0.29) is 46.0 Å². The molecule has 72 heavy (non-hydrogen) atoms. The van der Waals surface area contributed by atoms with Crippen LogP contribution >= 0.6 is 0 Å². The molecular weight excluding hydrogens is 909 g/mol. The van der Waals surface area contributed by atoms with Crippen LogP contribution in [-0.2, 0) is 0 Å². The lowest BCUT2D eigenvalue weighted by Gasteiger charge is -2.39. The molecular formula is C60H92F4N8. The van der Waals surface area contributed by atoms with Crippen LogP contribution in [0.2, 0.25) is 0 Å². The second kappa shape index (κ2) is 24.4. The van der Waals surface area contributed by atoms with Gasteiger partial charge in [-0.3, -0.25) is 0 Å². The Labute approximate surface area is 431 Å². The topological polar surface area (TPSA) is 152 Å². The molecule has 0 aromatic heterocycles. The average molecular weight is 1000 g/mol. The maximum atomic E-state index is 13.4. The summed E-state index contributed by atoms with van der Waals surface area (Å²) in [4.78, 5) is 0. The number of halogens is 4. The van der Waals surface area contributed by atoms with Crippen LogP contribution < -0.4 is 44.2 Å². The highest BCUT2D eigenvalue weighted by Crippen LogP contribution is 2.44. The molecule has 4 aliphatic rings. The van der Waals surface area contributed by atoms with Crippen molar-refractivity contribution >= 4 is 45.5 Å². The van der Waals surface area contributed by atoms with Crippen molar-refractivity contribution in [2.24, 2.45) is 45.3 Å². The molecule has 8 nitrogen and oxygen atoms in total. The van der Waals surface area contributed by atoms with Gasteiger partial charge in [0.05, 0.1) is 45.5 Å². The minimum atomic E-state index is -0.344. The van der Waals surface area contributed by atoms with Gasteiger partial charge in [0.15, 0.2) is 0 Å². The smallest absolute Gasteiger partial charge is 0.148 e. The zero-order valence-corrected chi connectivity index (χ0v) is 45.9. The molecule has 8 rings (SSSR count). The van der Waals surface area contributed by atoms with Crippen molar-refractivity contribution in [3.05, 3.63) is 96.1 Å². The lowest BCUT2D eigenvalue weighted by atomic mass is 9.70. The number of rotatable bonds is 8. The Morgan fingerprint density at radius 2 is 0.514 bits per heavy atom. The van der Waals surface area contributed by atoms with E-state index in [1.54, 1.807) is 24.3 Å². The first-order chi connectivity index (χ1) is 33.5. The summed E-state index contributed by atoms with van der Waals surface area (Å²) in [5.41, 5.74) is 28.3. The first kappa shape index (κ1) is 57.9. The fraction of sp³-hybridized carbons (Fsp3) is 0.600. The number of nitrogens with two attached hydrogens (primary N) is 4. The van der Waals surface area contributed by atoms with Gasteiger partial charge in [-0.25, -0.2) is 17.6 Å². The SMILES string of the molecule is C[C@@H]1C[C@@H](Nc2cccc(F)c2N)CC(C)(C)C1.C[C@@H]1C[C@H](Nc2cccc(F)c2N)CC(C)(C)C1.C[C@H]1C[C@@H](Nc2cccc(F)c2N)CC(C)(C)C1.C[C@H]1C[C@H](Nc2cccc(F)c2N)CC(C)(C)C1. The molecule has 0 bridgehead atoms. The zero-order chi connectivity index (χ0) is 53.3. The Kier molecular flexibility index (Phi) is 19.6. The van der Waals surface area contributed by atoms with E-state index in [0.717, 1.165) is 74.1 Å². The number of hydrogen-bond acceptors (Lipinski definition) is 8. The highest BCUT2D eigenvalue weighted by Gasteiger charge is 2.35. The lowest BCUT2D eigenvalue weighted by molar-refractivity contribution is 0.177. The first-order valence-electron chi connectivity index (χ1n) is 26.7. The van der Waals surface area contributed by atoms with Gasteiger partial charge in [-0.2, -0.15) is 0 Å². The van der Waals surface area contributed by atoms with Crippen molar-refractivity contribution in [3.8, 4) is 0 Å². The summed E-state index contributed by atoms with van der Waals surface area (Å²) in [7, 11) is 0. The highest BCUT2D eigenvalue weighted by atomic mass is 19.1. The third-order valence-corrected chi connectivity index (χ3v) is 15.2. The molecule has 0 aliphatic heterocycles. The molecule has 12 heteroatoms. The molecule has 400 valence electrons. The molecule has 4 aromatic rings. The van der Waals surface area contributed by atoms with Crippen LogP contribution in [0.15, 0.2) is 72.8 Å². The molecule has 4 saturated carbocycles. The fourth-order valence-corrected chi connectivity index (χ4v) is 13.4. The van der Waals surface area contributed by atoms with Crippen molar-refractivity contribution in [2.45, 2.75) is 184 Å². The maximum Gasteiger partial charge on any atom is 0.148 e. The summed E-state index contributed by atoms with van der Waals surface area (Å²) in [5.74, 6) is 1.40. The summed E-state index contributed by atoms with van der Waals surface area (Å²) in [6.45, 7) is 27.5. The Morgan fingerprint density at radius 1 is 0.333 bits per heavy atom. The largest absolute Gasteiger partial charge is 0.395 e. The van der Waals surface area contributed by atoms with Crippen molar-refractivity contribution in [1.29, 1.82) is 0 Å². The summed E-state index contributed by atoms with van der Waals surface area (Å²) in [6, 6.07) is 21.3. The van der Waals surface area contributed by atoms with Gasteiger partial charge in [0, 0.05) is 24.2 Å². The Hall–Kier alpha value is -5.00. The number of nitrogens with one attached hydrogen (secondary N) is 4. The van der Waals surface area contributed by atoms with Crippen LogP contribution in [0, 0.1) is 68.6 Å². The average Bonchev–Trinajstić information content (AvgIpc) is 3.22. The molecule has 0 radical (unpaired) electrons. The summed E-state index contributed by atoms with van der Waals surface area (Å²) >= 11 is 0. The van der Waals surface area contributed by atoms with Crippen LogP contribution in [0.25, 0.3) is 0 Å². The molecule has 0 unspecified atom stereocenters. The van der Waals surface area contributed by atoms with E-state index in [1.165, 1.54) is 49.9 Å². The van der Waals surface area contributed by atoms with Crippen molar-refractivity contribution in [2.75, 3.05) is 44.2 Å². The van der Waals surface area contributed by atoms with Gasteiger partial charge in [0.1, 0.15) is 23.3 Å². The van der Waals surface area contributed by atoms with E-state index in [9.17, 15) is 17.6 Å². The van der Waals surface area contributed by atoms with Crippen molar-refractivity contribution < 1.29 is 17.6 Å². The fourth-order valence-electron chi connectivity index (χ4n) is 13.4. The molecule has 0 heterocycles. The van der Waals surface area contributed by atoms with Crippen LogP contribution in [0.5, 0.6) is 0 Å². The van der Waals surface area contributed by atoms with Gasteiger partial charge in [-0.15, -0.1) is 0 Å². The monoisotopic (exact) mass is 1000 g/mol. The minimum Gasteiger partial charge on any atom is -0.395 e. The zero-order valence-electron chi connectivity index (χ0n) is 45.9. The van der Waals surface area contributed by atoms with E-state index in [0.29, 0.717) is 69.5 Å². The van der Waals surface area contributed by atoms with Gasteiger partial charge >= 0.3 is 0 Å². The number of para-hydroxylation sites is 4. The standard InChI is InChI=1S/4C15H23FN2/c4*1-10-7-11(9-15(2,3)8-10)18-13-6-4-5-12(16)14(13)17/h4*4-6,10-11,18H,7-9,17H2,1-3H3/t2*10-,11+;2*10-,11-/m1010/s1. The van der Waals surface area contributed by atoms with E-state index >= 15 is 0 Å². The maximum absolute atomic E-state index is 13.4. The minimum absolute atomic E-state index is 0.230. The number of nitrogen functional groups attached to an aromatic ring is 4. The van der Waals surface area contributed by atoms with Crippen molar-refractivity contribution in [1.82, 2.24) is 0 Å². The third kappa shape index (κ3) is 17.6. The molecule has 0 amide bonds. The van der Waals surface area contributed by atoms with Gasteiger partial charge < -0.3 is 44.2 Å². The number of anilines is 8. The predicted molar refractivity (Wildman–Crippen MR) is 300 cm³/mol. The normalized spacial score (nSPS) is 26.9. The van der Waals surface area contributed by atoms with E-state index < -0.39 is 0 Å². The predicted octanol–water partition coefficient (Wildman–Crippen LogP) is 16.1. The van der Waals surface area contributed by atoms with Gasteiger partial charge in [0.2, 0.25) is 0 Å².